The number of hydrogen-bond acceptors (Lipinski definition) is 2. The second kappa shape index (κ2) is 7.30. The van der Waals surface area contributed by atoms with E-state index in [0.717, 1.165) is 29.6 Å². The van der Waals surface area contributed by atoms with E-state index in [9.17, 15) is 0 Å². The molecule has 0 saturated carbocycles. The Labute approximate surface area is 126 Å². The van der Waals surface area contributed by atoms with E-state index >= 15 is 0 Å². The van der Waals surface area contributed by atoms with Crippen molar-refractivity contribution >= 4 is 15.9 Å². The zero-order valence-corrected chi connectivity index (χ0v) is 14.3. The summed E-state index contributed by atoms with van der Waals surface area (Å²) < 4.78 is 7.01. The first-order chi connectivity index (χ1) is 8.85. The highest BCUT2D eigenvalue weighted by Gasteiger charge is 2.11. The van der Waals surface area contributed by atoms with Crippen molar-refractivity contribution in [3.05, 3.63) is 28.2 Å². The molecule has 0 aliphatic carbocycles. The molecule has 0 bridgehead atoms. The highest BCUT2D eigenvalue weighted by Crippen LogP contribution is 2.28. The van der Waals surface area contributed by atoms with Crippen LogP contribution in [0.4, 0.5) is 0 Å². The molecule has 0 spiro atoms. The second-order valence-electron chi connectivity index (χ2n) is 5.92. The van der Waals surface area contributed by atoms with Crippen molar-refractivity contribution in [3.8, 4) is 5.75 Å². The van der Waals surface area contributed by atoms with Crippen LogP contribution in [0, 0.1) is 0 Å². The molecule has 0 amide bonds. The van der Waals surface area contributed by atoms with Crippen LogP contribution >= 0.6 is 15.9 Å². The van der Waals surface area contributed by atoms with Gasteiger partial charge >= 0.3 is 0 Å². The van der Waals surface area contributed by atoms with Crippen molar-refractivity contribution < 1.29 is 4.74 Å². The van der Waals surface area contributed by atoms with Gasteiger partial charge in [0.05, 0.1) is 10.6 Å². The molecule has 0 fully saturated rings. The van der Waals surface area contributed by atoms with Gasteiger partial charge in [-0.15, -0.1) is 0 Å². The van der Waals surface area contributed by atoms with Crippen LogP contribution in [0.25, 0.3) is 0 Å². The monoisotopic (exact) mass is 327 g/mol. The van der Waals surface area contributed by atoms with Crippen molar-refractivity contribution in [2.24, 2.45) is 0 Å². The topological polar surface area (TPSA) is 21.3 Å². The normalized spacial score (nSPS) is 11.9. The largest absolute Gasteiger partial charge is 0.489 e. The summed E-state index contributed by atoms with van der Waals surface area (Å²) >= 11 is 3.60. The highest BCUT2D eigenvalue weighted by atomic mass is 79.9. The maximum atomic E-state index is 5.98. The fourth-order valence-electron chi connectivity index (χ4n) is 1.75. The molecule has 1 aromatic carbocycles. The summed E-state index contributed by atoms with van der Waals surface area (Å²) in [6, 6.07) is 6.32. The third kappa shape index (κ3) is 5.96. The molecule has 1 aromatic rings. The SMILES string of the molecule is CCC(CC)Oc1ccc(CNC(C)(C)C)cc1Br. The number of benzene rings is 1. The summed E-state index contributed by atoms with van der Waals surface area (Å²) in [6.07, 6.45) is 2.38. The molecule has 0 heterocycles. The van der Waals surface area contributed by atoms with E-state index in [-0.39, 0.29) is 5.54 Å². The average Bonchev–Trinajstić information content (AvgIpc) is 2.34. The number of nitrogens with one attached hydrogen (secondary N) is 1. The van der Waals surface area contributed by atoms with Gasteiger partial charge in [0, 0.05) is 12.1 Å². The minimum atomic E-state index is 0.136. The van der Waals surface area contributed by atoms with E-state index in [1.807, 2.05) is 0 Å². The molecule has 0 aromatic heterocycles. The second-order valence-corrected chi connectivity index (χ2v) is 6.78. The maximum Gasteiger partial charge on any atom is 0.133 e. The van der Waals surface area contributed by atoms with Gasteiger partial charge in [0.25, 0.3) is 0 Å². The van der Waals surface area contributed by atoms with Gasteiger partial charge < -0.3 is 10.1 Å². The first kappa shape index (κ1) is 16.5. The maximum absolute atomic E-state index is 5.98. The predicted molar refractivity (Wildman–Crippen MR) is 85.7 cm³/mol. The molecule has 19 heavy (non-hydrogen) atoms. The summed E-state index contributed by atoms with van der Waals surface area (Å²) in [7, 11) is 0. The summed E-state index contributed by atoms with van der Waals surface area (Å²) in [5, 5.41) is 3.49. The molecular weight excluding hydrogens is 302 g/mol. The van der Waals surface area contributed by atoms with Crippen molar-refractivity contribution in [2.45, 2.75) is 65.6 Å². The molecule has 0 unspecified atom stereocenters. The van der Waals surface area contributed by atoms with Crippen LogP contribution in [0.1, 0.15) is 53.0 Å². The van der Waals surface area contributed by atoms with Crippen LogP contribution in [0.2, 0.25) is 0 Å². The lowest BCUT2D eigenvalue weighted by molar-refractivity contribution is 0.191. The fraction of sp³-hybridized carbons (Fsp3) is 0.625. The third-order valence-corrected chi connectivity index (χ3v) is 3.64. The molecule has 0 aliphatic rings. The van der Waals surface area contributed by atoms with Crippen LogP contribution in [-0.2, 0) is 6.54 Å². The van der Waals surface area contributed by atoms with Gasteiger partial charge in [-0.05, 0) is 67.2 Å². The molecule has 0 atom stereocenters. The highest BCUT2D eigenvalue weighted by molar-refractivity contribution is 9.10. The Morgan fingerprint density at radius 1 is 1.21 bits per heavy atom. The Morgan fingerprint density at radius 3 is 2.32 bits per heavy atom. The summed E-state index contributed by atoms with van der Waals surface area (Å²) in [5.41, 5.74) is 1.40. The van der Waals surface area contributed by atoms with Gasteiger partial charge in [0.1, 0.15) is 5.75 Å². The molecular formula is C16H26BrNO. The van der Waals surface area contributed by atoms with E-state index < -0.39 is 0 Å². The minimum Gasteiger partial charge on any atom is -0.489 e. The van der Waals surface area contributed by atoms with Gasteiger partial charge in [-0.3, -0.25) is 0 Å². The van der Waals surface area contributed by atoms with Crippen molar-refractivity contribution in [3.63, 3.8) is 0 Å². The quantitative estimate of drug-likeness (QED) is 0.801. The molecule has 1 N–H and O–H groups in total. The Hall–Kier alpha value is -0.540. The summed E-state index contributed by atoms with van der Waals surface area (Å²) in [6.45, 7) is 11.7. The zero-order chi connectivity index (χ0) is 14.5. The number of halogens is 1. The molecule has 0 saturated heterocycles. The van der Waals surface area contributed by atoms with Crippen molar-refractivity contribution in [2.75, 3.05) is 0 Å². The van der Waals surface area contributed by atoms with E-state index in [2.05, 4.69) is 74.1 Å². The first-order valence-corrected chi connectivity index (χ1v) is 7.85. The van der Waals surface area contributed by atoms with E-state index in [1.165, 1.54) is 5.56 Å². The molecule has 2 nitrogen and oxygen atoms in total. The van der Waals surface area contributed by atoms with Crippen LogP contribution in [0.15, 0.2) is 22.7 Å². The summed E-state index contributed by atoms with van der Waals surface area (Å²) in [4.78, 5) is 0. The van der Waals surface area contributed by atoms with E-state index in [4.69, 9.17) is 4.74 Å². The van der Waals surface area contributed by atoms with Crippen LogP contribution in [0.5, 0.6) is 5.75 Å². The van der Waals surface area contributed by atoms with Crippen LogP contribution < -0.4 is 10.1 Å². The number of hydrogen-bond donors (Lipinski definition) is 1. The smallest absolute Gasteiger partial charge is 0.133 e. The molecule has 108 valence electrons. The standard InChI is InChI=1S/C16H26BrNO/c1-6-13(7-2)19-15-9-8-12(10-14(15)17)11-18-16(3,4)5/h8-10,13,18H,6-7,11H2,1-5H3. The fourth-order valence-corrected chi connectivity index (χ4v) is 2.27. The van der Waals surface area contributed by atoms with Crippen LogP contribution in [0.3, 0.4) is 0 Å². The minimum absolute atomic E-state index is 0.136. The molecule has 0 radical (unpaired) electrons. The molecule has 0 aliphatic heterocycles. The number of ether oxygens (including phenoxy) is 1. The Bertz CT molecular complexity index is 394. The number of rotatable bonds is 6. The van der Waals surface area contributed by atoms with Gasteiger partial charge in [-0.2, -0.15) is 0 Å². The summed E-state index contributed by atoms with van der Waals surface area (Å²) in [5.74, 6) is 0.938. The van der Waals surface area contributed by atoms with Crippen LogP contribution in [-0.4, -0.2) is 11.6 Å². The molecule has 3 heteroatoms. The first-order valence-electron chi connectivity index (χ1n) is 7.05. The van der Waals surface area contributed by atoms with Gasteiger partial charge in [-0.1, -0.05) is 19.9 Å². The van der Waals surface area contributed by atoms with Crippen molar-refractivity contribution in [1.29, 1.82) is 0 Å². The van der Waals surface area contributed by atoms with Crippen molar-refractivity contribution in [1.82, 2.24) is 5.32 Å². The van der Waals surface area contributed by atoms with Gasteiger partial charge in [0.15, 0.2) is 0 Å². The van der Waals surface area contributed by atoms with E-state index in [1.54, 1.807) is 0 Å². The van der Waals surface area contributed by atoms with Gasteiger partial charge in [-0.25, -0.2) is 0 Å². The average molecular weight is 328 g/mol. The lowest BCUT2D eigenvalue weighted by Crippen LogP contribution is -2.35. The van der Waals surface area contributed by atoms with E-state index in [0.29, 0.717) is 6.10 Å². The predicted octanol–water partition coefficient (Wildman–Crippen LogP) is 4.90. The lowest BCUT2D eigenvalue weighted by atomic mass is 10.1. The Balaban J connectivity index is 2.69. The lowest BCUT2D eigenvalue weighted by Gasteiger charge is -2.21. The Kier molecular flexibility index (Phi) is 6.34. The third-order valence-electron chi connectivity index (χ3n) is 3.02. The van der Waals surface area contributed by atoms with Gasteiger partial charge in [0.2, 0.25) is 0 Å². The zero-order valence-electron chi connectivity index (χ0n) is 12.7. The molecule has 1 rings (SSSR count). The Morgan fingerprint density at radius 2 is 1.84 bits per heavy atom.